The van der Waals surface area contributed by atoms with Gasteiger partial charge in [-0.1, -0.05) is 0 Å². The van der Waals surface area contributed by atoms with Gasteiger partial charge in [-0.15, -0.1) is 0 Å². The molecule has 0 aliphatic carbocycles. The lowest BCUT2D eigenvalue weighted by Crippen LogP contribution is -2.33. The standard InChI is InChI=1S/C11H10F5N3O2/c12-8(13)5-1-17-10(18-2-5)19-3-6(9(20)21)7(4-19)11(14,15)16/h1-2,6-8H,3-4H2,(H,20,21)/t6-,7-/m1/s1. The van der Waals surface area contributed by atoms with Crippen LogP contribution >= 0.6 is 0 Å². The summed E-state index contributed by atoms with van der Waals surface area (Å²) in [7, 11) is 0. The van der Waals surface area contributed by atoms with Crippen molar-refractivity contribution in [2.45, 2.75) is 12.6 Å². The maximum Gasteiger partial charge on any atom is 0.394 e. The van der Waals surface area contributed by atoms with Crippen molar-refractivity contribution >= 4 is 11.9 Å². The average molecular weight is 311 g/mol. The Morgan fingerprint density at radius 3 is 2.24 bits per heavy atom. The fourth-order valence-corrected chi connectivity index (χ4v) is 2.16. The third-order valence-electron chi connectivity index (χ3n) is 3.25. The molecule has 116 valence electrons. The molecule has 1 saturated heterocycles. The highest BCUT2D eigenvalue weighted by molar-refractivity contribution is 5.72. The molecule has 1 aliphatic heterocycles. The van der Waals surface area contributed by atoms with Crippen LogP contribution in [0.3, 0.4) is 0 Å². The number of hydrogen-bond acceptors (Lipinski definition) is 4. The van der Waals surface area contributed by atoms with Gasteiger partial charge in [-0.25, -0.2) is 18.7 Å². The predicted octanol–water partition coefficient (Wildman–Crippen LogP) is 2.11. The quantitative estimate of drug-likeness (QED) is 0.866. The predicted molar refractivity (Wildman–Crippen MR) is 59.9 cm³/mol. The van der Waals surface area contributed by atoms with Gasteiger partial charge in [0, 0.05) is 25.5 Å². The summed E-state index contributed by atoms with van der Waals surface area (Å²) in [4.78, 5) is 19.1. The third kappa shape index (κ3) is 3.19. The van der Waals surface area contributed by atoms with E-state index in [1.807, 2.05) is 0 Å². The van der Waals surface area contributed by atoms with Gasteiger partial charge in [-0.2, -0.15) is 13.2 Å². The lowest BCUT2D eigenvalue weighted by molar-refractivity contribution is -0.187. The molecule has 2 atom stereocenters. The summed E-state index contributed by atoms with van der Waals surface area (Å²) >= 11 is 0. The van der Waals surface area contributed by atoms with Crippen LogP contribution in [0, 0.1) is 11.8 Å². The third-order valence-corrected chi connectivity index (χ3v) is 3.25. The molecular weight excluding hydrogens is 301 g/mol. The highest BCUT2D eigenvalue weighted by atomic mass is 19.4. The second-order valence-electron chi connectivity index (χ2n) is 4.61. The maximum atomic E-state index is 12.8. The number of aliphatic carboxylic acids is 1. The summed E-state index contributed by atoms with van der Waals surface area (Å²) in [5.41, 5.74) is -0.458. The molecule has 1 aromatic rings. The summed E-state index contributed by atoms with van der Waals surface area (Å²) in [5, 5.41) is 8.86. The van der Waals surface area contributed by atoms with E-state index in [1.165, 1.54) is 0 Å². The van der Waals surface area contributed by atoms with E-state index < -0.39 is 49.1 Å². The summed E-state index contributed by atoms with van der Waals surface area (Å²) in [6.07, 6.45) is -5.83. The van der Waals surface area contributed by atoms with Crippen LogP contribution in [0.15, 0.2) is 12.4 Å². The molecule has 0 aromatic carbocycles. The zero-order chi connectivity index (χ0) is 15.8. The summed E-state index contributed by atoms with van der Waals surface area (Å²) in [5.74, 6) is -5.45. The van der Waals surface area contributed by atoms with E-state index in [2.05, 4.69) is 9.97 Å². The molecule has 1 N–H and O–H groups in total. The van der Waals surface area contributed by atoms with Crippen LogP contribution in [0.25, 0.3) is 0 Å². The molecule has 0 unspecified atom stereocenters. The van der Waals surface area contributed by atoms with Gasteiger partial charge in [-0.3, -0.25) is 4.79 Å². The van der Waals surface area contributed by atoms with Crippen LogP contribution in [-0.2, 0) is 4.79 Å². The van der Waals surface area contributed by atoms with Crippen LogP contribution in [0.4, 0.5) is 27.9 Å². The van der Waals surface area contributed by atoms with E-state index in [0.29, 0.717) is 0 Å². The number of carboxylic acid groups (broad SMARTS) is 1. The number of anilines is 1. The van der Waals surface area contributed by atoms with E-state index in [9.17, 15) is 26.7 Å². The van der Waals surface area contributed by atoms with Crippen molar-refractivity contribution in [3.8, 4) is 0 Å². The molecule has 2 rings (SSSR count). The minimum absolute atomic E-state index is 0.197. The summed E-state index contributed by atoms with van der Waals surface area (Å²) in [6, 6.07) is 0. The Labute approximate surface area is 115 Å². The van der Waals surface area contributed by atoms with E-state index in [4.69, 9.17) is 5.11 Å². The minimum Gasteiger partial charge on any atom is -0.481 e. The highest BCUT2D eigenvalue weighted by Crippen LogP contribution is 2.38. The van der Waals surface area contributed by atoms with Gasteiger partial charge < -0.3 is 10.0 Å². The molecule has 0 bridgehead atoms. The first-order chi connectivity index (χ1) is 9.70. The lowest BCUT2D eigenvalue weighted by Gasteiger charge is -2.18. The lowest BCUT2D eigenvalue weighted by atomic mass is 9.96. The fraction of sp³-hybridized carbons (Fsp3) is 0.545. The average Bonchev–Trinajstić information content (AvgIpc) is 2.84. The number of carbonyl (C=O) groups is 1. The summed E-state index contributed by atoms with van der Waals surface area (Å²) in [6.45, 7) is -1.04. The highest BCUT2D eigenvalue weighted by Gasteiger charge is 2.53. The zero-order valence-corrected chi connectivity index (χ0v) is 10.4. The number of alkyl halides is 5. The van der Waals surface area contributed by atoms with Gasteiger partial charge in [0.25, 0.3) is 6.43 Å². The van der Waals surface area contributed by atoms with Crippen molar-refractivity contribution < 1.29 is 31.9 Å². The molecule has 1 fully saturated rings. The van der Waals surface area contributed by atoms with Gasteiger partial charge in [0.2, 0.25) is 5.95 Å². The Morgan fingerprint density at radius 1 is 1.29 bits per heavy atom. The van der Waals surface area contributed by atoms with E-state index in [0.717, 1.165) is 17.3 Å². The Balaban J connectivity index is 2.20. The second kappa shape index (κ2) is 5.41. The van der Waals surface area contributed by atoms with Crippen LogP contribution in [0.1, 0.15) is 12.0 Å². The summed E-state index contributed by atoms with van der Waals surface area (Å²) < 4.78 is 63.1. The van der Waals surface area contributed by atoms with Crippen LogP contribution in [0.2, 0.25) is 0 Å². The van der Waals surface area contributed by atoms with Gasteiger partial charge in [-0.05, 0) is 0 Å². The first-order valence-electron chi connectivity index (χ1n) is 5.84. The van der Waals surface area contributed by atoms with E-state index in [1.54, 1.807) is 0 Å². The number of nitrogens with zero attached hydrogens (tertiary/aromatic N) is 3. The molecule has 10 heteroatoms. The maximum absolute atomic E-state index is 12.8. The largest absolute Gasteiger partial charge is 0.481 e. The Morgan fingerprint density at radius 2 is 1.86 bits per heavy atom. The molecule has 5 nitrogen and oxygen atoms in total. The van der Waals surface area contributed by atoms with Crippen LogP contribution < -0.4 is 4.90 Å². The number of hydrogen-bond donors (Lipinski definition) is 1. The molecule has 0 amide bonds. The Kier molecular flexibility index (Phi) is 3.97. The molecule has 21 heavy (non-hydrogen) atoms. The van der Waals surface area contributed by atoms with Gasteiger partial charge >= 0.3 is 12.1 Å². The Hall–Kier alpha value is -2.00. The van der Waals surface area contributed by atoms with Crippen LogP contribution in [0.5, 0.6) is 0 Å². The van der Waals surface area contributed by atoms with Crippen molar-refractivity contribution in [3.05, 3.63) is 18.0 Å². The number of rotatable bonds is 3. The first kappa shape index (κ1) is 15.4. The smallest absolute Gasteiger partial charge is 0.394 e. The molecule has 0 saturated carbocycles. The van der Waals surface area contributed by atoms with Crippen molar-refractivity contribution in [2.24, 2.45) is 11.8 Å². The van der Waals surface area contributed by atoms with Crippen molar-refractivity contribution in [3.63, 3.8) is 0 Å². The fourth-order valence-electron chi connectivity index (χ4n) is 2.16. The van der Waals surface area contributed by atoms with Crippen molar-refractivity contribution in [2.75, 3.05) is 18.0 Å². The Bertz CT molecular complexity index is 520. The van der Waals surface area contributed by atoms with E-state index in [-0.39, 0.29) is 5.95 Å². The normalized spacial score (nSPS) is 22.9. The SMILES string of the molecule is O=C(O)[C@@H]1CN(c2ncc(C(F)F)cn2)C[C@H]1C(F)(F)F. The van der Waals surface area contributed by atoms with E-state index >= 15 is 0 Å². The molecule has 0 radical (unpaired) electrons. The van der Waals surface area contributed by atoms with Crippen molar-refractivity contribution in [1.29, 1.82) is 0 Å². The van der Waals surface area contributed by atoms with Crippen LogP contribution in [-0.4, -0.2) is 40.3 Å². The molecule has 1 aromatic heterocycles. The van der Waals surface area contributed by atoms with Gasteiger partial charge in [0.15, 0.2) is 0 Å². The first-order valence-corrected chi connectivity index (χ1v) is 5.84. The van der Waals surface area contributed by atoms with Gasteiger partial charge in [0.1, 0.15) is 0 Å². The number of carboxylic acids is 1. The van der Waals surface area contributed by atoms with Crippen molar-refractivity contribution in [1.82, 2.24) is 9.97 Å². The topological polar surface area (TPSA) is 66.3 Å². The molecular formula is C11H10F5N3O2. The molecule has 0 spiro atoms. The monoisotopic (exact) mass is 311 g/mol. The molecule has 2 heterocycles. The zero-order valence-electron chi connectivity index (χ0n) is 10.4. The second-order valence-corrected chi connectivity index (χ2v) is 4.61. The van der Waals surface area contributed by atoms with Gasteiger partial charge in [0.05, 0.1) is 17.4 Å². The number of aromatic nitrogens is 2. The number of halogens is 5. The molecule has 1 aliphatic rings. The minimum atomic E-state index is -4.67.